The molecule has 0 radical (unpaired) electrons. The van der Waals surface area contributed by atoms with Gasteiger partial charge < -0.3 is 39.4 Å². The first-order chi connectivity index (χ1) is 14.3. The highest BCUT2D eigenvalue weighted by molar-refractivity contribution is 7.45. The number of hydrogen-bond acceptors (Lipinski definition) is 9. The van der Waals surface area contributed by atoms with Crippen molar-refractivity contribution < 1.29 is 42.4 Å². The van der Waals surface area contributed by atoms with Gasteiger partial charge in [0.1, 0.15) is 6.04 Å². The molecule has 0 bridgehead atoms. The van der Waals surface area contributed by atoms with E-state index in [2.05, 4.69) is 34.5 Å². The first-order valence-corrected chi connectivity index (χ1v) is 11.3. The van der Waals surface area contributed by atoms with Gasteiger partial charge >= 0.3 is 12.2 Å². The Morgan fingerprint density at radius 1 is 0.900 bits per heavy atom. The maximum Gasteiger partial charge on any atom is 0.407 e. The summed E-state index contributed by atoms with van der Waals surface area (Å²) < 4.78 is 29.4. The second-order valence-electron chi connectivity index (χ2n) is 6.15. The van der Waals surface area contributed by atoms with Gasteiger partial charge in [0, 0.05) is 13.1 Å². The van der Waals surface area contributed by atoms with Crippen molar-refractivity contribution in [1.82, 2.24) is 16.0 Å². The van der Waals surface area contributed by atoms with E-state index in [0.29, 0.717) is 51.6 Å². The van der Waals surface area contributed by atoms with Gasteiger partial charge in [-0.25, -0.2) is 9.59 Å². The predicted molar refractivity (Wildman–Crippen MR) is 106 cm³/mol. The molecule has 0 saturated heterocycles. The van der Waals surface area contributed by atoms with E-state index >= 15 is 0 Å². The van der Waals surface area contributed by atoms with Crippen molar-refractivity contribution in [3.05, 3.63) is 0 Å². The van der Waals surface area contributed by atoms with Crippen molar-refractivity contribution in [3.63, 3.8) is 0 Å². The molecule has 0 aliphatic rings. The van der Waals surface area contributed by atoms with Gasteiger partial charge in [-0.3, -0.25) is 9.36 Å². The average molecular weight is 454 g/mol. The van der Waals surface area contributed by atoms with Crippen LogP contribution in [0.25, 0.3) is 0 Å². The molecular weight excluding hydrogens is 421 g/mol. The molecular formula is C17H33N3O9P-. The minimum atomic E-state index is -4.22. The van der Waals surface area contributed by atoms with Crippen LogP contribution in [-0.2, 0) is 27.9 Å². The molecule has 0 aliphatic carbocycles. The number of amides is 3. The van der Waals surface area contributed by atoms with Crippen LogP contribution in [0.2, 0.25) is 0 Å². The van der Waals surface area contributed by atoms with Crippen molar-refractivity contribution in [1.29, 1.82) is 0 Å². The zero-order chi connectivity index (χ0) is 22.8. The van der Waals surface area contributed by atoms with Crippen LogP contribution in [0.15, 0.2) is 0 Å². The summed E-state index contributed by atoms with van der Waals surface area (Å²) in [6.45, 7) is 2.35. The molecule has 2 unspecified atom stereocenters. The van der Waals surface area contributed by atoms with Crippen LogP contribution >= 0.6 is 7.82 Å². The molecule has 13 heteroatoms. The zero-order valence-electron chi connectivity index (χ0n) is 17.8. The third kappa shape index (κ3) is 15.0. The molecule has 12 nitrogen and oxygen atoms in total. The fraction of sp³-hybridized carbons (Fsp3) is 0.824. The highest BCUT2D eigenvalue weighted by Gasteiger charge is 2.20. The Hall–Kier alpha value is -1.88. The first kappa shape index (κ1) is 28.1. The summed E-state index contributed by atoms with van der Waals surface area (Å²) in [7, 11) is -1.74. The zero-order valence-corrected chi connectivity index (χ0v) is 18.7. The van der Waals surface area contributed by atoms with Gasteiger partial charge in [0.15, 0.2) is 0 Å². The summed E-state index contributed by atoms with van der Waals surface area (Å²) in [4.78, 5) is 46.0. The molecule has 0 rings (SSSR count). The standard InChI is InChI=1S/C17H34N3O9P/c1-4-28-30(24,25)29-13-9-5-7-11-18-15(21)14(20-17(23)27-3)10-6-8-12-19-16(22)26-2/h14H,4-13H2,1-3H3,(H,18,21)(H,19,22)(H,20,23)(H,24,25)/p-1. The molecule has 0 aliphatic heterocycles. The van der Waals surface area contributed by atoms with Gasteiger partial charge in [-0.2, -0.15) is 0 Å². The number of ether oxygens (including phenoxy) is 2. The summed E-state index contributed by atoms with van der Waals surface area (Å²) in [5.74, 6) is -0.349. The van der Waals surface area contributed by atoms with Gasteiger partial charge in [0.05, 0.1) is 27.4 Å². The Morgan fingerprint density at radius 2 is 1.53 bits per heavy atom. The number of carbonyl (C=O) groups excluding carboxylic acids is 3. The number of alkyl carbamates (subject to hydrolysis) is 2. The van der Waals surface area contributed by atoms with Gasteiger partial charge in [-0.15, -0.1) is 0 Å². The van der Waals surface area contributed by atoms with Crippen LogP contribution in [-0.4, -0.2) is 64.7 Å². The number of phosphoric ester groups is 1. The van der Waals surface area contributed by atoms with Gasteiger partial charge in [0.25, 0.3) is 7.82 Å². The summed E-state index contributed by atoms with van der Waals surface area (Å²) in [5.41, 5.74) is 0. The fourth-order valence-corrected chi connectivity index (χ4v) is 3.06. The third-order valence-corrected chi connectivity index (χ3v) is 4.90. The smallest absolute Gasteiger partial charge is 0.407 e. The van der Waals surface area contributed by atoms with Crippen molar-refractivity contribution in [2.75, 3.05) is 40.5 Å². The Labute approximate surface area is 177 Å². The van der Waals surface area contributed by atoms with E-state index in [4.69, 9.17) is 0 Å². The second-order valence-corrected chi connectivity index (χ2v) is 7.56. The molecule has 2 atom stereocenters. The number of unbranched alkanes of at least 4 members (excludes halogenated alkanes) is 3. The maximum absolute atomic E-state index is 12.3. The Balaban J connectivity index is 4.12. The van der Waals surface area contributed by atoms with Crippen LogP contribution < -0.4 is 20.8 Å². The molecule has 0 saturated carbocycles. The van der Waals surface area contributed by atoms with E-state index in [1.807, 2.05) is 0 Å². The van der Waals surface area contributed by atoms with Crippen LogP contribution in [0.3, 0.4) is 0 Å². The lowest BCUT2D eigenvalue weighted by Gasteiger charge is -2.21. The average Bonchev–Trinajstić information content (AvgIpc) is 2.71. The maximum atomic E-state index is 12.3. The summed E-state index contributed by atoms with van der Waals surface area (Å²) in [6.07, 6.45) is 2.06. The molecule has 3 N–H and O–H groups in total. The minimum Gasteiger partial charge on any atom is -0.756 e. The predicted octanol–water partition coefficient (Wildman–Crippen LogP) is 1.05. The Kier molecular flexibility index (Phi) is 15.8. The van der Waals surface area contributed by atoms with Crippen molar-refractivity contribution in [2.24, 2.45) is 0 Å². The number of phosphoric acid groups is 1. The fourth-order valence-electron chi connectivity index (χ4n) is 2.32. The molecule has 0 aromatic carbocycles. The van der Waals surface area contributed by atoms with Crippen molar-refractivity contribution in [2.45, 2.75) is 51.5 Å². The summed E-state index contributed by atoms with van der Waals surface area (Å²) in [5, 5.41) is 7.74. The highest BCUT2D eigenvalue weighted by Crippen LogP contribution is 2.37. The van der Waals surface area contributed by atoms with Gasteiger partial charge in [-0.05, 0) is 45.4 Å². The van der Waals surface area contributed by atoms with Crippen LogP contribution in [0.4, 0.5) is 9.59 Å². The van der Waals surface area contributed by atoms with E-state index in [9.17, 15) is 23.8 Å². The molecule has 176 valence electrons. The lowest BCUT2D eigenvalue weighted by molar-refractivity contribution is -0.225. The number of carbonyl (C=O) groups is 3. The largest absolute Gasteiger partial charge is 0.756 e. The molecule has 0 aromatic heterocycles. The van der Waals surface area contributed by atoms with Crippen molar-refractivity contribution in [3.8, 4) is 0 Å². The first-order valence-electron chi connectivity index (χ1n) is 9.79. The highest BCUT2D eigenvalue weighted by atomic mass is 31.2. The van der Waals surface area contributed by atoms with Crippen LogP contribution in [0.5, 0.6) is 0 Å². The molecule has 0 fully saturated rings. The lowest BCUT2D eigenvalue weighted by atomic mass is 10.1. The number of methoxy groups -OCH3 is 2. The SMILES string of the molecule is CCOP(=O)([O-])OCCCCCNC(=O)C(CCCCNC(=O)OC)NC(=O)OC. The van der Waals surface area contributed by atoms with Crippen molar-refractivity contribution >= 4 is 25.9 Å². The van der Waals surface area contributed by atoms with E-state index < -0.39 is 26.1 Å². The number of rotatable bonds is 16. The second kappa shape index (κ2) is 16.9. The molecule has 30 heavy (non-hydrogen) atoms. The third-order valence-electron chi connectivity index (χ3n) is 3.83. The van der Waals surface area contributed by atoms with Crippen LogP contribution in [0, 0.1) is 0 Å². The monoisotopic (exact) mass is 454 g/mol. The normalized spacial score (nSPS) is 13.6. The Bertz CT molecular complexity index is 563. The summed E-state index contributed by atoms with van der Waals surface area (Å²) >= 11 is 0. The van der Waals surface area contributed by atoms with Gasteiger partial charge in [0.2, 0.25) is 5.91 Å². The molecule has 3 amide bonds. The van der Waals surface area contributed by atoms with E-state index in [-0.39, 0.29) is 19.1 Å². The van der Waals surface area contributed by atoms with Gasteiger partial charge in [-0.1, -0.05) is 0 Å². The number of nitrogens with one attached hydrogen (secondary N) is 3. The lowest BCUT2D eigenvalue weighted by Crippen LogP contribution is -2.47. The molecule has 0 spiro atoms. The number of hydrogen-bond donors (Lipinski definition) is 3. The van der Waals surface area contributed by atoms with Crippen LogP contribution in [0.1, 0.15) is 45.4 Å². The Morgan fingerprint density at radius 3 is 2.17 bits per heavy atom. The minimum absolute atomic E-state index is 0.0147. The van der Waals surface area contributed by atoms with E-state index in [1.165, 1.54) is 14.2 Å². The topological polar surface area (TPSA) is 164 Å². The summed E-state index contributed by atoms with van der Waals surface area (Å²) in [6, 6.07) is -0.767. The quantitative estimate of drug-likeness (QED) is 0.228. The molecule has 0 aromatic rings. The van der Waals surface area contributed by atoms with E-state index in [0.717, 1.165) is 0 Å². The van der Waals surface area contributed by atoms with E-state index in [1.54, 1.807) is 6.92 Å². The molecule has 0 heterocycles.